The minimum atomic E-state index is -0.800. The summed E-state index contributed by atoms with van der Waals surface area (Å²) in [4.78, 5) is 1.30. The van der Waals surface area contributed by atoms with Gasteiger partial charge < -0.3 is 5.32 Å². The molecule has 0 aliphatic carbocycles. The van der Waals surface area contributed by atoms with Crippen LogP contribution in [0.3, 0.4) is 0 Å². The van der Waals surface area contributed by atoms with Gasteiger partial charge in [0.25, 0.3) is 0 Å². The van der Waals surface area contributed by atoms with Crippen molar-refractivity contribution in [1.29, 1.82) is 0 Å². The van der Waals surface area contributed by atoms with E-state index >= 15 is 0 Å². The Bertz CT molecular complexity index is 600. The Morgan fingerprint density at radius 2 is 1.95 bits per heavy atom. The minimum absolute atomic E-state index is 0.273. The quantitative estimate of drug-likeness (QED) is 0.913. The topological polar surface area (TPSA) is 12.0 Å². The van der Waals surface area contributed by atoms with E-state index in [1.165, 1.54) is 22.6 Å². The molecule has 2 aromatic rings. The Balaban J connectivity index is 1.69. The molecule has 0 bridgehead atoms. The van der Waals surface area contributed by atoms with Crippen LogP contribution >= 0.6 is 11.8 Å². The van der Waals surface area contributed by atoms with Gasteiger partial charge in [0.1, 0.15) is 0 Å². The molecule has 1 aliphatic rings. The molecule has 98 valence electrons. The first kappa shape index (κ1) is 12.6. The summed E-state index contributed by atoms with van der Waals surface area (Å²) in [6, 6.07) is 12.6. The van der Waals surface area contributed by atoms with E-state index < -0.39 is 11.6 Å². The van der Waals surface area contributed by atoms with E-state index in [1.54, 1.807) is 6.07 Å². The number of thioether (sulfide) groups is 1. The standard InChI is InChI=1S/C15H13F2NS/c16-12-6-5-10(7-13(12)17)8-18-14-9-19-15-4-2-1-3-11(14)15/h1-7,14,18H,8-9H2. The summed E-state index contributed by atoms with van der Waals surface area (Å²) < 4.78 is 26.0. The van der Waals surface area contributed by atoms with Crippen molar-refractivity contribution in [3.63, 3.8) is 0 Å². The van der Waals surface area contributed by atoms with Gasteiger partial charge in [-0.25, -0.2) is 8.78 Å². The molecule has 2 aromatic carbocycles. The van der Waals surface area contributed by atoms with Crippen molar-refractivity contribution in [2.45, 2.75) is 17.5 Å². The molecular weight excluding hydrogens is 264 g/mol. The van der Waals surface area contributed by atoms with Gasteiger partial charge in [-0.15, -0.1) is 11.8 Å². The second kappa shape index (κ2) is 5.31. The third kappa shape index (κ3) is 2.65. The lowest BCUT2D eigenvalue weighted by Gasteiger charge is -2.13. The molecule has 0 amide bonds. The van der Waals surface area contributed by atoms with Crippen molar-refractivity contribution < 1.29 is 8.78 Å². The van der Waals surface area contributed by atoms with Crippen LogP contribution in [-0.2, 0) is 6.54 Å². The summed E-state index contributed by atoms with van der Waals surface area (Å²) in [6.07, 6.45) is 0. The Kier molecular flexibility index (Phi) is 3.53. The number of hydrogen-bond acceptors (Lipinski definition) is 2. The maximum absolute atomic E-state index is 13.1. The Labute approximate surface area is 115 Å². The Morgan fingerprint density at radius 3 is 2.79 bits per heavy atom. The van der Waals surface area contributed by atoms with Crippen molar-refractivity contribution in [2.24, 2.45) is 0 Å². The lowest BCUT2D eigenvalue weighted by atomic mass is 10.1. The van der Waals surface area contributed by atoms with Crippen LogP contribution in [0, 0.1) is 11.6 Å². The summed E-state index contributed by atoms with van der Waals surface area (Å²) in [5, 5.41) is 3.39. The molecule has 1 nitrogen and oxygen atoms in total. The fourth-order valence-electron chi connectivity index (χ4n) is 2.22. The number of hydrogen-bond donors (Lipinski definition) is 1. The van der Waals surface area contributed by atoms with Crippen molar-refractivity contribution >= 4 is 11.8 Å². The van der Waals surface area contributed by atoms with Crippen molar-refractivity contribution in [3.8, 4) is 0 Å². The predicted octanol–water partition coefficient (Wildman–Crippen LogP) is 3.90. The summed E-state index contributed by atoms with van der Waals surface area (Å²) in [7, 11) is 0. The van der Waals surface area contributed by atoms with Crippen LogP contribution in [0.15, 0.2) is 47.4 Å². The van der Waals surface area contributed by atoms with Crippen LogP contribution < -0.4 is 5.32 Å². The van der Waals surface area contributed by atoms with Gasteiger partial charge >= 0.3 is 0 Å². The summed E-state index contributed by atoms with van der Waals surface area (Å²) in [6.45, 7) is 0.538. The first-order valence-electron chi connectivity index (χ1n) is 6.13. The van der Waals surface area contributed by atoms with Gasteiger partial charge in [-0.1, -0.05) is 24.3 Å². The highest BCUT2D eigenvalue weighted by Gasteiger charge is 2.21. The van der Waals surface area contributed by atoms with Gasteiger partial charge in [0.2, 0.25) is 0 Å². The van der Waals surface area contributed by atoms with E-state index in [2.05, 4.69) is 17.4 Å². The van der Waals surface area contributed by atoms with Crippen LogP contribution in [0.2, 0.25) is 0 Å². The molecule has 4 heteroatoms. The van der Waals surface area contributed by atoms with Crippen molar-refractivity contribution in [3.05, 3.63) is 65.2 Å². The molecule has 19 heavy (non-hydrogen) atoms. The number of nitrogens with one attached hydrogen (secondary N) is 1. The zero-order chi connectivity index (χ0) is 13.2. The first-order valence-corrected chi connectivity index (χ1v) is 7.11. The Hall–Kier alpha value is -1.39. The zero-order valence-electron chi connectivity index (χ0n) is 10.2. The maximum Gasteiger partial charge on any atom is 0.159 e. The summed E-state index contributed by atoms with van der Waals surface area (Å²) in [5.74, 6) is -0.616. The number of halogens is 2. The van der Waals surface area contributed by atoms with E-state index in [0.717, 1.165) is 11.3 Å². The van der Waals surface area contributed by atoms with E-state index in [1.807, 2.05) is 23.9 Å². The monoisotopic (exact) mass is 277 g/mol. The highest BCUT2D eigenvalue weighted by molar-refractivity contribution is 7.99. The smallest absolute Gasteiger partial charge is 0.159 e. The zero-order valence-corrected chi connectivity index (χ0v) is 11.0. The summed E-state index contributed by atoms with van der Waals surface area (Å²) in [5.41, 5.74) is 2.04. The lowest BCUT2D eigenvalue weighted by Crippen LogP contribution is -2.20. The van der Waals surface area contributed by atoms with E-state index in [4.69, 9.17) is 0 Å². The van der Waals surface area contributed by atoms with Gasteiger partial charge in [-0.05, 0) is 29.3 Å². The van der Waals surface area contributed by atoms with Gasteiger partial charge in [0.15, 0.2) is 11.6 Å². The van der Waals surface area contributed by atoms with Gasteiger partial charge in [0, 0.05) is 23.2 Å². The fourth-order valence-corrected chi connectivity index (χ4v) is 3.42. The maximum atomic E-state index is 13.1. The minimum Gasteiger partial charge on any atom is -0.305 e. The molecule has 0 radical (unpaired) electrons. The highest BCUT2D eigenvalue weighted by atomic mass is 32.2. The van der Waals surface area contributed by atoms with Crippen LogP contribution in [0.5, 0.6) is 0 Å². The fraction of sp³-hybridized carbons (Fsp3) is 0.200. The average Bonchev–Trinajstić information content (AvgIpc) is 2.83. The lowest BCUT2D eigenvalue weighted by molar-refractivity contribution is 0.504. The SMILES string of the molecule is Fc1ccc(CNC2CSc3ccccc32)cc1F. The van der Waals surface area contributed by atoms with Gasteiger partial charge in [0.05, 0.1) is 0 Å². The number of benzene rings is 2. The third-order valence-electron chi connectivity index (χ3n) is 3.24. The molecule has 0 saturated carbocycles. The van der Waals surface area contributed by atoms with Crippen LogP contribution in [0.1, 0.15) is 17.2 Å². The largest absolute Gasteiger partial charge is 0.305 e. The van der Waals surface area contributed by atoms with Crippen LogP contribution in [0.4, 0.5) is 8.78 Å². The number of fused-ring (bicyclic) bond motifs is 1. The molecule has 0 spiro atoms. The highest BCUT2D eigenvalue weighted by Crippen LogP contribution is 2.37. The Morgan fingerprint density at radius 1 is 1.11 bits per heavy atom. The number of rotatable bonds is 3. The molecule has 0 fully saturated rings. The van der Waals surface area contributed by atoms with Gasteiger partial charge in [-0.3, -0.25) is 0 Å². The molecule has 1 unspecified atom stereocenters. The van der Waals surface area contributed by atoms with E-state index in [9.17, 15) is 8.78 Å². The molecule has 0 saturated heterocycles. The molecule has 3 rings (SSSR count). The normalized spacial score (nSPS) is 17.5. The molecular formula is C15H13F2NS. The predicted molar refractivity (Wildman–Crippen MR) is 73.1 cm³/mol. The van der Waals surface area contributed by atoms with E-state index in [-0.39, 0.29) is 6.04 Å². The van der Waals surface area contributed by atoms with Crippen LogP contribution in [-0.4, -0.2) is 5.75 Å². The van der Waals surface area contributed by atoms with Crippen molar-refractivity contribution in [1.82, 2.24) is 5.32 Å². The second-order valence-electron chi connectivity index (χ2n) is 4.53. The summed E-state index contributed by atoms with van der Waals surface area (Å²) >= 11 is 1.82. The first-order chi connectivity index (χ1) is 9.24. The van der Waals surface area contributed by atoms with Gasteiger partial charge in [-0.2, -0.15) is 0 Å². The molecule has 1 N–H and O–H groups in total. The average molecular weight is 277 g/mol. The molecule has 1 heterocycles. The van der Waals surface area contributed by atoms with Crippen LogP contribution in [0.25, 0.3) is 0 Å². The molecule has 1 atom stereocenters. The van der Waals surface area contributed by atoms with E-state index in [0.29, 0.717) is 6.54 Å². The third-order valence-corrected chi connectivity index (χ3v) is 4.42. The molecule has 1 aliphatic heterocycles. The van der Waals surface area contributed by atoms with Crippen molar-refractivity contribution in [2.75, 3.05) is 5.75 Å². The second-order valence-corrected chi connectivity index (χ2v) is 5.59. The molecule has 0 aromatic heterocycles.